The summed E-state index contributed by atoms with van der Waals surface area (Å²) in [5, 5.41) is 13.0. The molecule has 1 aromatic heterocycles. The number of aromatic hydroxyl groups is 1. The van der Waals surface area contributed by atoms with Gasteiger partial charge in [-0.05, 0) is 64.7 Å². The average Bonchev–Trinajstić information content (AvgIpc) is 2.93. The minimum absolute atomic E-state index is 0.410. The van der Waals surface area contributed by atoms with Gasteiger partial charge < -0.3 is 10.1 Å². The van der Waals surface area contributed by atoms with Crippen LogP contribution in [-0.4, -0.2) is 10.1 Å². The van der Waals surface area contributed by atoms with Gasteiger partial charge in [0.15, 0.2) is 0 Å². The predicted octanol–water partition coefficient (Wildman–Crippen LogP) is 6.57. The second kappa shape index (κ2) is 7.18. The molecule has 2 aromatic carbocycles. The Bertz CT molecular complexity index is 969. The highest BCUT2D eigenvalue weighted by molar-refractivity contribution is 6.09. The lowest BCUT2D eigenvalue weighted by atomic mass is 9.99. The number of aromatic nitrogens is 1. The van der Waals surface area contributed by atoms with E-state index in [2.05, 4.69) is 62.2 Å². The number of phenols is 1. The number of hydrogen-bond acceptors (Lipinski definition) is 1. The molecule has 0 aliphatic carbocycles. The fourth-order valence-electron chi connectivity index (χ4n) is 3.36. The number of fused-ring (bicyclic) bond motifs is 3. The lowest BCUT2D eigenvalue weighted by Gasteiger charge is -2.08. The van der Waals surface area contributed by atoms with E-state index in [-0.39, 0.29) is 0 Å². The molecule has 2 N–H and O–H groups in total. The number of hydrogen-bond donors (Lipinski definition) is 2. The number of H-pyrrole nitrogens is 1. The van der Waals surface area contributed by atoms with E-state index >= 15 is 0 Å². The molecule has 2 heteroatoms. The van der Waals surface area contributed by atoms with E-state index in [0.717, 1.165) is 41.4 Å². The molecule has 25 heavy (non-hydrogen) atoms. The van der Waals surface area contributed by atoms with Crippen molar-refractivity contribution in [3.05, 3.63) is 64.8 Å². The first-order valence-electron chi connectivity index (χ1n) is 8.98. The summed E-state index contributed by atoms with van der Waals surface area (Å²) in [5.74, 6) is 0.410. The molecule has 0 radical (unpaired) electrons. The second-order valence-corrected chi connectivity index (χ2v) is 7.19. The van der Waals surface area contributed by atoms with Crippen LogP contribution in [0.4, 0.5) is 0 Å². The minimum Gasteiger partial charge on any atom is -0.507 e. The number of phenolic OH excluding ortho intramolecular Hbond substituents is 1. The Morgan fingerprint density at radius 1 is 1.08 bits per heavy atom. The topological polar surface area (TPSA) is 36.0 Å². The summed E-state index contributed by atoms with van der Waals surface area (Å²) in [6.07, 6.45) is 7.41. The van der Waals surface area contributed by atoms with Gasteiger partial charge in [-0.25, -0.2) is 0 Å². The Kier molecular flexibility index (Phi) is 4.98. The van der Waals surface area contributed by atoms with Crippen LogP contribution in [0.1, 0.15) is 44.7 Å². The third-order valence-electron chi connectivity index (χ3n) is 4.81. The molecule has 3 aromatic rings. The third-order valence-corrected chi connectivity index (χ3v) is 4.81. The van der Waals surface area contributed by atoms with Crippen LogP contribution < -0.4 is 0 Å². The van der Waals surface area contributed by atoms with Crippen LogP contribution in [0.15, 0.2) is 53.6 Å². The lowest BCUT2D eigenvalue weighted by Crippen LogP contribution is -1.90. The summed E-state index contributed by atoms with van der Waals surface area (Å²) in [7, 11) is 0. The molecule has 0 saturated heterocycles. The van der Waals surface area contributed by atoms with E-state index in [1.807, 2.05) is 13.0 Å². The third kappa shape index (κ3) is 3.63. The highest BCUT2D eigenvalue weighted by Crippen LogP contribution is 2.35. The van der Waals surface area contributed by atoms with Gasteiger partial charge in [-0.15, -0.1) is 0 Å². The maximum Gasteiger partial charge on any atom is 0.124 e. The maximum atomic E-state index is 10.6. The summed E-state index contributed by atoms with van der Waals surface area (Å²) in [5.41, 5.74) is 6.83. The Labute approximate surface area is 149 Å². The van der Waals surface area contributed by atoms with Gasteiger partial charge in [-0.3, -0.25) is 0 Å². The van der Waals surface area contributed by atoms with E-state index in [0.29, 0.717) is 5.75 Å². The van der Waals surface area contributed by atoms with Crippen molar-refractivity contribution in [3.8, 4) is 5.75 Å². The van der Waals surface area contributed by atoms with Crippen LogP contribution >= 0.6 is 0 Å². The Hall–Kier alpha value is -2.48. The summed E-state index contributed by atoms with van der Waals surface area (Å²) in [6, 6.07) is 10.4. The van der Waals surface area contributed by atoms with Crippen LogP contribution in [0.5, 0.6) is 5.75 Å². The van der Waals surface area contributed by atoms with Gasteiger partial charge in [0.1, 0.15) is 5.75 Å². The molecule has 0 aliphatic rings. The zero-order valence-electron chi connectivity index (χ0n) is 15.6. The van der Waals surface area contributed by atoms with E-state index < -0.39 is 0 Å². The fourth-order valence-corrected chi connectivity index (χ4v) is 3.36. The summed E-state index contributed by atoms with van der Waals surface area (Å²) in [6.45, 7) is 8.42. The van der Waals surface area contributed by atoms with Crippen molar-refractivity contribution in [2.24, 2.45) is 0 Å². The van der Waals surface area contributed by atoms with Crippen molar-refractivity contribution >= 4 is 21.8 Å². The summed E-state index contributed by atoms with van der Waals surface area (Å²) >= 11 is 0. The fraction of sp³-hybridized carbons (Fsp3) is 0.304. The molecule has 0 amide bonds. The predicted molar refractivity (Wildman–Crippen MR) is 108 cm³/mol. The Balaban J connectivity index is 1.97. The molecule has 2 nitrogen and oxygen atoms in total. The molecule has 0 unspecified atom stereocenters. The summed E-state index contributed by atoms with van der Waals surface area (Å²) in [4.78, 5) is 3.50. The second-order valence-electron chi connectivity index (χ2n) is 7.19. The van der Waals surface area contributed by atoms with Crippen molar-refractivity contribution in [3.63, 3.8) is 0 Å². The molecule has 0 saturated carbocycles. The smallest absolute Gasteiger partial charge is 0.124 e. The number of para-hydroxylation sites is 1. The van der Waals surface area contributed by atoms with Gasteiger partial charge in [0.2, 0.25) is 0 Å². The first kappa shape index (κ1) is 17.3. The maximum absolute atomic E-state index is 10.6. The van der Waals surface area contributed by atoms with Gasteiger partial charge in [0.05, 0.1) is 5.52 Å². The van der Waals surface area contributed by atoms with Gasteiger partial charge >= 0.3 is 0 Å². The highest BCUT2D eigenvalue weighted by Gasteiger charge is 2.13. The quantitative estimate of drug-likeness (QED) is 0.509. The molecule has 0 fully saturated rings. The number of rotatable bonds is 5. The van der Waals surface area contributed by atoms with E-state index in [1.165, 1.54) is 21.9 Å². The molecule has 0 aliphatic heterocycles. The zero-order valence-corrected chi connectivity index (χ0v) is 15.6. The normalized spacial score (nSPS) is 12.1. The number of benzene rings is 2. The van der Waals surface area contributed by atoms with E-state index in [4.69, 9.17) is 0 Å². The zero-order chi connectivity index (χ0) is 18.0. The number of aromatic amines is 1. The van der Waals surface area contributed by atoms with E-state index in [1.54, 1.807) is 0 Å². The first-order chi connectivity index (χ1) is 12.0. The number of allylic oxidation sites excluding steroid dienone is 4. The van der Waals surface area contributed by atoms with Crippen molar-refractivity contribution in [2.75, 3.05) is 0 Å². The Morgan fingerprint density at radius 3 is 2.60 bits per heavy atom. The molecule has 0 bridgehead atoms. The lowest BCUT2D eigenvalue weighted by molar-refractivity contribution is 0.466. The van der Waals surface area contributed by atoms with E-state index in [9.17, 15) is 5.11 Å². The van der Waals surface area contributed by atoms with Gasteiger partial charge in [-0.2, -0.15) is 0 Å². The standard InChI is InChI=1S/C23H27NO/c1-15(2)8-7-9-16(3)12-13-19-22-20(14-17(4)23(19)25)18-10-5-6-11-21(18)24-22/h5-6,8,10-12,14,24-25H,7,9,13H2,1-4H3/b16-12+. The van der Waals surface area contributed by atoms with Gasteiger partial charge in [0, 0.05) is 21.9 Å². The van der Waals surface area contributed by atoms with Crippen molar-refractivity contribution in [2.45, 2.75) is 47.0 Å². The van der Waals surface area contributed by atoms with Crippen LogP contribution in [0.3, 0.4) is 0 Å². The molecule has 0 atom stereocenters. The van der Waals surface area contributed by atoms with Crippen LogP contribution in [0, 0.1) is 6.92 Å². The van der Waals surface area contributed by atoms with Crippen LogP contribution in [0.25, 0.3) is 21.8 Å². The van der Waals surface area contributed by atoms with Gasteiger partial charge in [-0.1, -0.05) is 41.5 Å². The molecule has 3 rings (SSSR count). The van der Waals surface area contributed by atoms with Crippen molar-refractivity contribution < 1.29 is 5.11 Å². The molecule has 0 spiro atoms. The largest absolute Gasteiger partial charge is 0.507 e. The van der Waals surface area contributed by atoms with Crippen molar-refractivity contribution in [1.82, 2.24) is 4.98 Å². The highest BCUT2D eigenvalue weighted by atomic mass is 16.3. The van der Waals surface area contributed by atoms with Crippen LogP contribution in [0.2, 0.25) is 0 Å². The molecular weight excluding hydrogens is 306 g/mol. The van der Waals surface area contributed by atoms with Crippen molar-refractivity contribution in [1.29, 1.82) is 0 Å². The van der Waals surface area contributed by atoms with Crippen LogP contribution in [-0.2, 0) is 6.42 Å². The summed E-state index contributed by atoms with van der Waals surface area (Å²) < 4.78 is 0. The number of nitrogens with one attached hydrogen (secondary N) is 1. The number of aryl methyl sites for hydroxylation is 1. The SMILES string of the molecule is CC(C)=CCC/C(C)=C/Cc1c(O)c(C)cc2c1[nH]c1ccccc12. The molecule has 1 heterocycles. The molecular formula is C23H27NO. The minimum atomic E-state index is 0.410. The Morgan fingerprint density at radius 2 is 1.84 bits per heavy atom. The average molecular weight is 333 g/mol. The monoisotopic (exact) mass is 333 g/mol. The molecule has 130 valence electrons. The first-order valence-corrected chi connectivity index (χ1v) is 8.98. The van der Waals surface area contributed by atoms with Gasteiger partial charge in [0.25, 0.3) is 0 Å².